The number of nitrogens with zero attached hydrogens (tertiary/aromatic N) is 1. The SMILES string of the molecule is Cc1cccc(C(C)NC2CCCC2C#N)c1. The summed E-state index contributed by atoms with van der Waals surface area (Å²) in [6.07, 6.45) is 3.36. The Balaban J connectivity index is 2.02. The molecule has 1 aromatic rings. The van der Waals surface area contributed by atoms with Crippen LogP contribution in [0.25, 0.3) is 0 Å². The number of hydrogen-bond donors (Lipinski definition) is 1. The van der Waals surface area contributed by atoms with Crippen LogP contribution >= 0.6 is 0 Å². The van der Waals surface area contributed by atoms with Crippen molar-refractivity contribution in [1.29, 1.82) is 5.26 Å². The number of hydrogen-bond acceptors (Lipinski definition) is 2. The number of nitriles is 1. The number of rotatable bonds is 3. The lowest BCUT2D eigenvalue weighted by atomic mass is 10.0. The monoisotopic (exact) mass is 228 g/mol. The van der Waals surface area contributed by atoms with Crippen molar-refractivity contribution in [3.63, 3.8) is 0 Å². The first-order chi connectivity index (χ1) is 8.20. The van der Waals surface area contributed by atoms with Crippen LogP contribution in [0.2, 0.25) is 0 Å². The highest BCUT2D eigenvalue weighted by Gasteiger charge is 2.28. The minimum atomic E-state index is 0.197. The largest absolute Gasteiger partial charge is 0.306 e. The normalized spacial score (nSPS) is 25.5. The molecule has 3 unspecified atom stereocenters. The second-order valence-corrected chi connectivity index (χ2v) is 5.08. The molecule has 0 saturated heterocycles. The van der Waals surface area contributed by atoms with Gasteiger partial charge in [0, 0.05) is 12.1 Å². The molecule has 0 spiro atoms. The van der Waals surface area contributed by atoms with Crippen molar-refractivity contribution in [2.24, 2.45) is 5.92 Å². The standard InChI is InChI=1S/C15H20N2/c1-11-5-3-6-13(9-11)12(2)17-15-8-4-7-14(15)10-16/h3,5-6,9,12,14-15,17H,4,7-8H2,1-2H3. The van der Waals surface area contributed by atoms with Crippen LogP contribution in [0.3, 0.4) is 0 Å². The first-order valence-corrected chi connectivity index (χ1v) is 6.43. The van der Waals surface area contributed by atoms with E-state index in [2.05, 4.69) is 49.5 Å². The van der Waals surface area contributed by atoms with Crippen LogP contribution in [0.15, 0.2) is 24.3 Å². The molecule has 0 heterocycles. The fourth-order valence-corrected chi connectivity index (χ4v) is 2.67. The molecule has 2 heteroatoms. The van der Waals surface area contributed by atoms with Crippen molar-refractivity contribution in [3.05, 3.63) is 35.4 Å². The van der Waals surface area contributed by atoms with Gasteiger partial charge in [-0.2, -0.15) is 5.26 Å². The van der Waals surface area contributed by atoms with Crippen molar-refractivity contribution in [2.45, 2.75) is 45.2 Å². The number of benzene rings is 1. The predicted molar refractivity (Wildman–Crippen MR) is 69.5 cm³/mol. The summed E-state index contributed by atoms with van der Waals surface area (Å²) in [7, 11) is 0. The molecule has 17 heavy (non-hydrogen) atoms. The summed E-state index contributed by atoms with van der Waals surface area (Å²) in [5.74, 6) is 0.197. The molecule has 0 amide bonds. The summed E-state index contributed by atoms with van der Waals surface area (Å²) in [5.41, 5.74) is 2.60. The van der Waals surface area contributed by atoms with Gasteiger partial charge in [0.25, 0.3) is 0 Å². The highest BCUT2D eigenvalue weighted by Crippen LogP contribution is 2.27. The van der Waals surface area contributed by atoms with E-state index in [9.17, 15) is 0 Å². The molecule has 1 saturated carbocycles. The average molecular weight is 228 g/mol. The molecule has 1 aliphatic carbocycles. The van der Waals surface area contributed by atoms with Gasteiger partial charge >= 0.3 is 0 Å². The van der Waals surface area contributed by atoms with E-state index >= 15 is 0 Å². The van der Waals surface area contributed by atoms with E-state index in [-0.39, 0.29) is 5.92 Å². The molecule has 0 aromatic heterocycles. The molecule has 0 bridgehead atoms. The fourth-order valence-electron chi connectivity index (χ4n) is 2.67. The van der Waals surface area contributed by atoms with E-state index in [4.69, 9.17) is 5.26 Å². The lowest BCUT2D eigenvalue weighted by Crippen LogP contribution is -2.33. The second kappa shape index (κ2) is 5.33. The van der Waals surface area contributed by atoms with Crippen LogP contribution in [0.1, 0.15) is 43.4 Å². The predicted octanol–water partition coefficient (Wildman–Crippen LogP) is 3.34. The quantitative estimate of drug-likeness (QED) is 0.861. The van der Waals surface area contributed by atoms with Crippen LogP contribution in [-0.2, 0) is 0 Å². The maximum absolute atomic E-state index is 9.07. The van der Waals surface area contributed by atoms with E-state index in [1.54, 1.807) is 0 Å². The third kappa shape index (κ3) is 2.87. The van der Waals surface area contributed by atoms with Crippen LogP contribution in [0.4, 0.5) is 0 Å². The van der Waals surface area contributed by atoms with Crippen molar-refractivity contribution in [1.82, 2.24) is 5.32 Å². The molecular formula is C15H20N2. The molecule has 1 aromatic carbocycles. The zero-order valence-corrected chi connectivity index (χ0v) is 10.6. The van der Waals surface area contributed by atoms with Crippen LogP contribution in [0, 0.1) is 24.2 Å². The molecule has 2 nitrogen and oxygen atoms in total. The summed E-state index contributed by atoms with van der Waals surface area (Å²) in [6, 6.07) is 11.7. The van der Waals surface area contributed by atoms with Gasteiger partial charge in [0.1, 0.15) is 0 Å². The van der Waals surface area contributed by atoms with Gasteiger partial charge in [-0.3, -0.25) is 0 Å². The zero-order chi connectivity index (χ0) is 12.3. The van der Waals surface area contributed by atoms with E-state index in [0.717, 1.165) is 12.8 Å². The van der Waals surface area contributed by atoms with Crippen LogP contribution in [0.5, 0.6) is 0 Å². The Labute approximate surface area is 104 Å². The summed E-state index contributed by atoms with van der Waals surface area (Å²) in [5, 5.41) is 12.7. The molecule has 0 radical (unpaired) electrons. The summed E-state index contributed by atoms with van der Waals surface area (Å²) >= 11 is 0. The van der Waals surface area contributed by atoms with E-state index in [1.165, 1.54) is 17.5 Å². The van der Waals surface area contributed by atoms with Gasteiger partial charge in [0.15, 0.2) is 0 Å². The van der Waals surface area contributed by atoms with Crippen LogP contribution < -0.4 is 5.32 Å². The van der Waals surface area contributed by atoms with Gasteiger partial charge < -0.3 is 5.32 Å². The van der Waals surface area contributed by atoms with Crippen molar-refractivity contribution < 1.29 is 0 Å². The Bertz CT molecular complexity index is 419. The Kier molecular flexibility index (Phi) is 3.81. The summed E-state index contributed by atoms with van der Waals surface area (Å²) in [4.78, 5) is 0. The molecule has 2 rings (SSSR count). The van der Waals surface area contributed by atoms with E-state index < -0.39 is 0 Å². The first kappa shape index (κ1) is 12.1. The van der Waals surface area contributed by atoms with Gasteiger partial charge in [-0.15, -0.1) is 0 Å². The Morgan fingerprint density at radius 2 is 2.24 bits per heavy atom. The minimum Gasteiger partial charge on any atom is -0.306 e. The minimum absolute atomic E-state index is 0.197. The average Bonchev–Trinajstić information content (AvgIpc) is 2.76. The van der Waals surface area contributed by atoms with Crippen LogP contribution in [-0.4, -0.2) is 6.04 Å². The molecule has 3 atom stereocenters. The maximum atomic E-state index is 9.07. The zero-order valence-electron chi connectivity index (χ0n) is 10.6. The first-order valence-electron chi connectivity index (χ1n) is 6.43. The van der Waals surface area contributed by atoms with Gasteiger partial charge in [0.05, 0.1) is 12.0 Å². The van der Waals surface area contributed by atoms with Gasteiger partial charge in [-0.05, 0) is 32.3 Å². The van der Waals surface area contributed by atoms with Crippen molar-refractivity contribution in [3.8, 4) is 6.07 Å². The van der Waals surface area contributed by atoms with Crippen molar-refractivity contribution >= 4 is 0 Å². The van der Waals surface area contributed by atoms with Gasteiger partial charge in [0.2, 0.25) is 0 Å². The molecule has 0 aliphatic heterocycles. The second-order valence-electron chi connectivity index (χ2n) is 5.08. The van der Waals surface area contributed by atoms with Crippen molar-refractivity contribution in [2.75, 3.05) is 0 Å². The van der Waals surface area contributed by atoms with Gasteiger partial charge in [-0.1, -0.05) is 36.2 Å². The topological polar surface area (TPSA) is 35.8 Å². The molecule has 90 valence electrons. The highest BCUT2D eigenvalue weighted by atomic mass is 15.0. The molecule has 1 N–H and O–H groups in total. The number of aryl methyl sites for hydroxylation is 1. The lowest BCUT2D eigenvalue weighted by molar-refractivity contribution is 0.417. The lowest BCUT2D eigenvalue weighted by Gasteiger charge is -2.22. The smallest absolute Gasteiger partial charge is 0.0672 e. The Morgan fingerprint density at radius 3 is 2.94 bits per heavy atom. The number of nitrogens with one attached hydrogen (secondary N) is 1. The van der Waals surface area contributed by atoms with Gasteiger partial charge in [-0.25, -0.2) is 0 Å². The Morgan fingerprint density at radius 1 is 1.41 bits per heavy atom. The third-order valence-electron chi connectivity index (χ3n) is 3.69. The van der Waals surface area contributed by atoms with E-state index in [1.807, 2.05) is 0 Å². The molecular weight excluding hydrogens is 208 g/mol. The Hall–Kier alpha value is -1.33. The highest BCUT2D eigenvalue weighted by molar-refractivity contribution is 5.24. The summed E-state index contributed by atoms with van der Waals surface area (Å²) in [6.45, 7) is 4.30. The molecule has 1 aliphatic rings. The van der Waals surface area contributed by atoms with E-state index in [0.29, 0.717) is 12.1 Å². The fraction of sp³-hybridized carbons (Fsp3) is 0.533. The maximum Gasteiger partial charge on any atom is 0.0672 e. The molecule has 1 fully saturated rings. The summed E-state index contributed by atoms with van der Waals surface area (Å²) < 4.78 is 0. The third-order valence-corrected chi connectivity index (χ3v) is 3.69.